The summed E-state index contributed by atoms with van der Waals surface area (Å²) in [5.74, 6) is -1.36. The zero-order valence-corrected chi connectivity index (χ0v) is 11.3. The van der Waals surface area contributed by atoms with Gasteiger partial charge in [0.05, 0.1) is 18.8 Å². The molecule has 1 aromatic carbocycles. The summed E-state index contributed by atoms with van der Waals surface area (Å²) in [4.78, 5) is 22.9. The first-order valence-electron chi connectivity index (χ1n) is 5.35. The summed E-state index contributed by atoms with van der Waals surface area (Å²) in [5.41, 5.74) is 15.9. The summed E-state index contributed by atoms with van der Waals surface area (Å²) >= 11 is 0. The topological polar surface area (TPSA) is 176 Å². The van der Waals surface area contributed by atoms with Gasteiger partial charge in [0, 0.05) is 5.69 Å². The van der Waals surface area contributed by atoms with Crippen molar-refractivity contribution in [2.75, 3.05) is 23.7 Å². The third-order valence-corrected chi connectivity index (χ3v) is 3.34. The minimum absolute atomic E-state index is 0.107. The number of carbonyl (C=O) groups is 2. The summed E-state index contributed by atoms with van der Waals surface area (Å²) < 4.78 is 22.5. The molecule has 8 N–H and O–H groups in total. The van der Waals surface area contributed by atoms with Gasteiger partial charge in [-0.25, -0.2) is 13.6 Å². The van der Waals surface area contributed by atoms with E-state index in [4.69, 9.17) is 22.3 Å². The van der Waals surface area contributed by atoms with Crippen molar-refractivity contribution >= 4 is 33.2 Å². The van der Waals surface area contributed by atoms with E-state index in [9.17, 15) is 18.0 Å². The highest BCUT2D eigenvalue weighted by Gasteiger charge is 2.17. The first-order chi connectivity index (χ1) is 9.11. The maximum Gasteiger partial charge on any atom is 0.240 e. The third kappa shape index (κ3) is 4.10. The van der Waals surface area contributed by atoms with Crippen LogP contribution >= 0.6 is 0 Å². The van der Waals surface area contributed by atoms with E-state index in [1.54, 1.807) is 0 Å². The van der Waals surface area contributed by atoms with Gasteiger partial charge in [-0.1, -0.05) is 0 Å². The van der Waals surface area contributed by atoms with E-state index in [1.807, 2.05) is 0 Å². The lowest BCUT2D eigenvalue weighted by Gasteiger charge is -2.22. The van der Waals surface area contributed by atoms with Crippen LogP contribution in [0.5, 0.6) is 0 Å². The highest BCUT2D eigenvalue weighted by molar-refractivity contribution is 7.89. The number of carbonyl (C=O) groups excluding carboxylic acids is 2. The maximum atomic E-state index is 11.2. The number of nitrogens with two attached hydrogens (primary N) is 4. The molecule has 2 amide bonds. The Labute approximate surface area is 115 Å². The van der Waals surface area contributed by atoms with Crippen LogP contribution in [0, 0.1) is 0 Å². The summed E-state index contributed by atoms with van der Waals surface area (Å²) in [6.07, 6.45) is 0. The molecule has 0 aliphatic carbocycles. The predicted octanol–water partition coefficient (Wildman–Crippen LogP) is -2.31. The first kappa shape index (κ1) is 15.7. The number of nitrogens with zero attached hydrogens (tertiary/aromatic N) is 1. The molecule has 0 radical (unpaired) electrons. The van der Waals surface area contributed by atoms with Crippen LogP contribution < -0.4 is 27.2 Å². The van der Waals surface area contributed by atoms with Crippen molar-refractivity contribution in [2.24, 2.45) is 16.6 Å². The van der Waals surface area contributed by atoms with Gasteiger partial charge in [-0.15, -0.1) is 0 Å². The Morgan fingerprint density at radius 1 is 1.10 bits per heavy atom. The molecule has 0 fully saturated rings. The highest BCUT2D eigenvalue weighted by Crippen LogP contribution is 2.23. The molecule has 110 valence electrons. The average molecular weight is 301 g/mol. The van der Waals surface area contributed by atoms with Crippen molar-refractivity contribution in [2.45, 2.75) is 4.90 Å². The number of primary sulfonamides is 1. The van der Waals surface area contributed by atoms with E-state index >= 15 is 0 Å². The zero-order chi connectivity index (χ0) is 15.5. The van der Waals surface area contributed by atoms with Crippen molar-refractivity contribution in [3.05, 3.63) is 18.2 Å². The standard InChI is InChI=1S/C10H15N5O4S/c11-7-3-6(1-2-8(7)20(14,18)19)15(4-9(12)16)5-10(13)17/h1-3H,4-5,11H2,(H2,12,16)(H2,13,17)(H2,14,18,19). The molecule has 0 spiro atoms. The molecule has 0 atom stereocenters. The van der Waals surface area contributed by atoms with Crippen molar-refractivity contribution in [3.63, 3.8) is 0 Å². The summed E-state index contributed by atoms with van der Waals surface area (Å²) in [5, 5.41) is 4.98. The minimum Gasteiger partial charge on any atom is -0.398 e. The van der Waals surface area contributed by atoms with Crippen molar-refractivity contribution in [1.82, 2.24) is 0 Å². The number of anilines is 2. The molecule has 0 aromatic heterocycles. The largest absolute Gasteiger partial charge is 0.398 e. The molecular formula is C10H15N5O4S. The fourth-order valence-electron chi connectivity index (χ4n) is 1.61. The molecule has 0 unspecified atom stereocenters. The van der Waals surface area contributed by atoms with Gasteiger partial charge >= 0.3 is 0 Å². The molecular weight excluding hydrogens is 286 g/mol. The van der Waals surface area contributed by atoms with Crippen LogP contribution in [-0.4, -0.2) is 33.3 Å². The fraction of sp³-hybridized carbons (Fsp3) is 0.200. The van der Waals surface area contributed by atoms with Crippen LogP contribution in [-0.2, 0) is 19.6 Å². The molecule has 1 rings (SSSR count). The molecule has 0 aliphatic heterocycles. The summed E-state index contributed by atoms with van der Waals surface area (Å²) in [6.45, 7) is -0.534. The smallest absolute Gasteiger partial charge is 0.240 e. The maximum absolute atomic E-state index is 11.2. The van der Waals surface area contributed by atoms with Gasteiger partial charge in [0.25, 0.3) is 0 Å². The average Bonchev–Trinajstić information content (AvgIpc) is 2.24. The Hall–Kier alpha value is -2.33. The number of nitrogen functional groups attached to an aromatic ring is 1. The Morgan fingerprint density at radius 3 is 1.95 bits per heavy atom. The fourth-order valence-corrected chi connectivity index (χ4v) is 2.25. The SMILES string of the molecule is NC(=O)CN(CC(N)=O)c1ccc(S(N)(=O)=O)c(N)c1. The van der Waals surface area contributed by atoms with Crippen LogP contribution in [0.4, 0.5) is 11.4 Å². The molecule has 20 heavy (non-hydrogen) atoms. The van der Waals surface area contributed by atoms with Crippen LogP contribution in [0.1, 0.15) is 0 Å². The monoisotopic (exact) mass is 301 g/mol. The number of benzene rings is 1. The first-order valence-corrected chi connectivity index (χ1v) is 6.89. The van der Waals surface area contributed by atoms with E-state index in [0.717, 1.165) is 0 Å². The van der Waals surface area contributed by atoms with Crippen LogP contribution in [0.25, 0.3) is 0 Å². The summed E-state index contributed by atoms with van der Waals surface area (Å²) in [7, 11) is -3.95. The van der Waals surface area contributed by atoms with Gasteiger partial charge in [-0.05, 0) is 18.2 Å². The molecule has 0 aliphatic rings. The van der Waals surface area contributed by atoms with Gasteiger partial charge in [0.1, 0.15) is 4.90 Å². The minimum atomic E-state index is -3.95. The van der Waals surface area contributed by atoms with Gasteiger partial charge in [-0.3, -0.25) is 9.59 Å². The molecule has 9 nitrogen and oxygen atoms in total. The Kier molecular flexibility index (Phi) is 4.53. The van der Waals surface area contributed by atoms with Crippen molar-refractivity contribution in [1.29, 1.82) is 0 Å². The Balaban J connectivity index is 3.19. The number of sulfonamides is 1. The van der Waals surface area contributed by atoms with Crippen LogP contribution in [0.3, 0.4) is 0 Å². The lowest BCUT2D eigenvalue weighted by atomic mass is 10.2. The number of rotatable bonds is 6. The number of amides is 2. The molecule has 0 heterocycles. The second-order valence-electron chi connectivity index (χ2n) is 4.06. The third-order valence-electron chi connectivity index (χ3n) is 2.36. The number of hydrogen-bond donors (Lipinski definition) is 4. The van der Waals surface area contributed by atoms with E-state index in [2.05, 4.69) is 0 Å². The van der Waals surface area contributed by atoms with E-state index in [0.29, 0.717) is 5.69 Å². The Bertz CT molecular complexity index is 627. The highest BCUT2D eigenvalue weighted by atomic mass is 32.2. The lowest BCUT2D eigenvalue weighted by molar-refractivity contribution is -0.117. The van der Waals surface area contributed by atoms with Crippen LogP contribution in [0.2, 0.25) is 0 Å². The molecule has 0 saturated carbocycles. The zero-order valence-electron chi connectivity index (χ0n) is 10.4. The second-order valence-corrected chi connectivity index (χ2v) is 5.59. The summed E-state index contributed by atoms with van der Waals surface area (Å²) in [6, 6.07) is 3.79. The van der Waals surface area contributed by atoms with Crippen molar-refractivity contribution < 1.29 is 18.0 Å². The Morgan fingerprint density at radius 2 is 1.60 bits per heavy atom. The van der Waals surface area contributed by atoms with E-state index in [1.165, 1.54) is 23.1 Å². The quantitative estimate of drug-likeness (QED) is 0.429. The van der Waals surface area contributed by atoms with Gasteiger partial charge < -0.3 is 22.1 Å². The molecule has 0 bridgehead atoms. The van der Waals surface area contributed by atoms with Gasteiger partial charge in [0.2, 0.25) is 21.8 Å². The van der Waals surface area contributed by atoms with Gasteiger partial charge in [-0.2, -0.15) is 0 Å². The number of hydrogen-bond acceptors (Lipinski definition) is 6. The molecule has 10 heteroatoms. The van der Waals surface area contributed by atoms with Crippen LogP contribution in [0.15, 0.2) is 23.1 Å². The molecule has 1 aromatic rings. The number of primary amides is 2. The van der Waals surface area contributed by atoms with E-state index < -0.39 is 21.8 Å². The normalized spacial score (nSPS) is 11.1. The molecule has 0 saturated heterocycles. The predicted molar refractivity (Wildman–Crippen MR) is 72.8 cm³/mol. The second kappa shape index (κ2) is 5.75. The van der Waals surface area contributed by atoms with Crippen molar-refractivity contribution in [3.8, 4) is 0 Å². The van der Waals surface area contributed by atoms with E-state index in [-0.39, 0.29) is 23.7 Å². The lowest BCUT2D eigenvalue weighted by Crippen LogP contribution is -2.39. The van der Waals surface area contributed by atoms with Gasteiger partial charge in [0.15, 0.2) is 0 Å².